The molecule has 1 aliphatic carbocycles. The number of nitrogens with zero attached hydrogens (tertiary/aromatic N) is 1. The van der Waals surface area contributed by atoms with Gasteiger partial charge < -0.3 is 19.9 Å². The summed E-state index contributed by atoms with van der Waals surface area (Å²) in [5, 5.41) is 12.1. The van der Waals surface area contributed by atoms with Crippen LogP contribution in [0.15, 0.2) is 42.6 Å². The van der Waals surface area contributed by atoms with E-state index < -0.39 is 0 Å². The molecule has 2 aromatic rings. The lowest BCUT2D eigenvalue weighted by molar-refractivity contribution is -0.119. The van der Waals surface area contributed by atoms with Crippen molar-refractivity contribution in [2.45, 2.75) is 25.3 Å². The second kappa shape index (κ2) is 8.41. The third-order valence-corrected chi connectivity index (χ3v) is 4.34. The summed E-state index contributed by atoms with van der Waals surface area (Å²) in [6, 6.07) is 8.67. The molecule has 2 N–H and O–H groups in total. The number of pyridine rings is 1. The summed E-state index contributed by atoms with van der Waals surface area (Å²) in [5.74, 6) is 1.42. The van der Waals surface area contributed by atoms with Crippen LogP contribution in [0.2, 0.25) is 5.02 Å². The first-order valence-corrected chi connectivity index (χ1v) is 9.03. The van der Waals surface area contributed by atoms with E-state index in [1.807, 2.05) is 18.2 Å². The normalized spacial score (nSPS) is 14.8. The van der Waals surface area contributed by atoms with Crippen LogP contribution >= 0.6 is 11.6 Å². The van der Waals surface area contributed by atoms with Crippen molar-refractivity contribution in [2.24, 2.45) is 0 Å². The smallest absolute Gasteiger partial charge is 0.219 e. The average Bonchev–Trinajstić information content (AvgIpc) is 3.40. The molecule has 0 atom stereocenters. The van der Waals surface area contributed by atoms with Gasteiger partial charge in [0.05, 0.1) is 17.2 Å². The van der Waals surface area contributed by atoms with E-state index >= 15 is 0 Å². The highest BCUT2D eigenvalue weighted by Gasteiger charge is 2.40. The molecule has 1 aromatic carbocycles. The maximum atomic E-state index is 11.2. The van der Waals surface area contributed by atoms with Crippen LogP contribution in [0.4, 0.5) is 0 Å². The minimum atomic E-state index is -0.200. The van der Waals surface area contributed by atoms with Gasteiger partial charge >= 0.3 is 0 Å². The summed E-state index contributed by atoms with van der Waals surface area (Å²) in [6.07, 6.45) is 7.55. The van der Waals surface area contributed by atoms with Gasteiger partial charge in [0.25, 0.3) is 0 Å². The van der Waals surface area contributed by atoms with Crippen molar-refractivity contribution < 1.29 is 19.4 Å². The highest BCUT2D eigenvalue weighted by Crippen LogP contribution is 2.37. The molecular formula is C20H21ClN2O4. The van der Waals surface area contributed by atoms with Gasteiger partial charge in [-0.05, 0) is 36.6 Å². The van der Waals surface area contributed by atoms with E-state index in [1.54, 1.807) is 30.5 Å². The van der Waals surface area contributed by atoms with Gasteiger partial charge in [-0.2, -0.15) is 0 Å². The van der Waals surface area contributed by atoms with E-state index in [4.69, 9.17) is 26.2 Å². The van der Waals surface area contributed by atoms with E-state index in [1.165, 1.54) is 6.92 Å². The van der Waals surface area contributed by atoms with Crippen molar-refractivity contribution in [1.82, 2.24) is 10.3 Å². The van der Waals surface area contributed by atoms with Crippen molar-refractivity contribution in [3.63, 3.8) is 0 Å². The monoisotopic (exact) mass is 388 g/mol. The van der Waals surface area contributed by atoms with Crippen LogP contribution in [0, 0.1) is 0 Å². The van der Waals surface area contributed by atoms with Gasteiger partial charge in [0.2, 0.25) is 11.8 Å². The molecule has 0 spiro atoms. The van der Waals surface area contributed by atoms with E-state index in [-0.39, 0.29) is 24.7 Å². The molecule has 0 saturated heterocycles. The van der Waals surface area contributed by atoms with Crippen LogP contribution < -0.4 is 14.8 Å². The highest BCUT2D eigenvalue weighted by molar-refractivity contribution is 6.32. The second-order valence-corrected chi connectivity index (χ2v) is 6.77. The molecule has 6 nitrogen and oxygen atoms in total. The minimum Gasteiger partial charge on any atom is -0.491 e. The number of aliphatic hydroxyl groups excluding tert-OH is 1. The molecule has 1 amide bonds. The molecule has 3 rings (SSSR count). The van der Waals surface area contributed by atoms with E-state index in [2.05, 4.69) is 10.3 Å². The quantitative estimate of drug-likeness (QED) is 0.722. The Bertz CT molecular complexity index is 832. The van der Waals surface area contributed by atoms with Crippen molar-refractivity contribution >= 4 is 23.6 Å². The zero-order valence-electron chi connectivity index (χ0n) is 14.9. The van der Waals surface area contributed by atoms with Crippen molar-refractivity contribution in [3.05, 3.63) is 53.2 Å². The molecule has 0 radical (unpaired) electrons. The first-order valence-electron chi connectivity index (χ1n) is 8.65. The number of carbonyl (C=O) groups excluding carboxylic acids is 1. The second-order valence-electron chi connectivity index (χ2n) is 6.37. The first kappa shape index (κ1) is 19.2. The van der Waals surface area contributed by atoms with Gasteiger partial charge in [0.1, 0.15) is 18.1 Å². The molecule has 27 heavy (non-hydrogen) atoms. The third-order valence-electron chi connectivity index (χ3n) is 4.05. The molecule has 1 aliphatic rings. The van der Waals surface area contributed by atoms with Gasteiger partial charge in [-0.15, -0.1) is 0 Å². The molecule has 1 aromatic heterocycles. The van der Waals surface area contributed by atoms with Crippen LogP contribution in [-0.2, 0) is 4.79 Å². The Balaban J connectivity index is 1.62. The molecule has 1 saturated carbocycles. The summed E-state index contributed by atoms with van der Waals surface area (Å²) < 4.78 is 11.0. The highest BCUT2D eigenvalue weighted by atomic mass is 35.5. The largest absolute Gasteiger partial charge is 0.491 e. The minimum absolute atomic E-state index is 0.0244. The summed E-state index contributed by atoms with van der Waals surface area (Å²) in [6.45, 7) is 1.67. The zero-order chi connectivity index (χ0) is 19.3. The number of carbonyl (C=O) groups is 1. The van der Waals surface area contributed by atoms with Crippen LogP contribution in [0.5, 0.6) is 17.4 Å². The van der Waals surface area contributed by atoms with Crippen LogP contribution in [0.1, 0.15) is 25.3 Å². The fraction of sp³-hybridized carbons (Fsp3) is 0.300. The molecule has 1 fully saturated rings. The number of nitrogens with one attached hydrogen (secondary N) is 1. The summed E-state index contributed by atoms with van der Waals surface area (Å²) in [4.78, 5) is 15.5. The lowest BCUT2D eigenvalue weighted by Gasteiger charge is -2.11. The van der Waals surface area contributed by atoms with Gasteiger partial charge in [-0.1, -0.05) is 23.8 Å². The predicted molar refractivity (Wildman–Crippen MR) is 103 cm³/mol. The molecule has 142 valence electrons. The fourth-order valence-corrected chi connectivity index (χ4v) is 2.76. The molecule has 0 unspecified atom stereocenters. The Kier molecular flexibility index (Phi) is 5.98. The number of ether oxygens (including phenoxy) is 2. The molecule has 1 heterocycles. The Labute approximate surface area is 162 Å². The number of benzene rings is 1. The number of hydrogen-bond donors (Lipinski definition) is 2. The molecule has 0 aliphatic heterocycles. The van der Waals surface area contributed by atoms with Crippen LogP contribution in [-0.4, -0.2) is 34.8 Å². The molecule has 7 heteroatoms. The van der Waals surface area contributed by atoms with E-state index in [0.29, 0.717) is 22.4 Å². The van der Waals surface area contributed by atoms with Crippen molar-refractivity contribution in [2.75, 3.05) is 13.2 Å². The first-order chi connectivity index (χ1) is 13.0. The number of rotatable bonds is 8. The lowest BCUT2D eigenvalue weighted by Crippen LogP contribution is -2.33. The summed E-state index contributed by atoms with van der Waals surface area (Å²) >= 11 is 6.20. The number of aromatic nitrogens is 1. The Morgan fingerprint density at radius 2 is 2.19 bits per heavy atom. The van der Waals surface area contributed by atoms with Crippen LogP contribution in [0.25, 0.3) is 6.08 Å². The van der Waals surface area contributed by atoms with E-state index in [0.717, 1.165) is 18.4 Å². The topological polar surface area (TPSA) is 80.7 Å². The van der Waals surface area contributed by atoms with Crippen molar-refractivity contribution in [3.8, 4) is 17.4 Å². The van der Waals surface area contributed by atoms with Crippen molar-refractivity contribution in [1.29, 1.82) is 0 Å². The lowest BCUT2D eigenvalue weighted by atomic mass is 10.2. The zero-order valence-corrected chi connectivity index (χ0v) is 15.7. The molecule has 0 bridgehead atoms. The molecular weight excluding hydrogens is 368 g/mol. The van der Waals surface area contributed by atoms with Gasteiger partial charge in [0, 0.05) is 25.3 Å². The Hall–Kier alpha value is -2.57. The number of amides is 1. The van der Waals surface area contributed by atoms with Gasteiger partial charge in [0.15, 0.2) is 0 Å². The van der Waals surface area contributed by atoms with Crippen LogP contribution in [0.3, 0.4) is 0 Å². The Morgan fingerprint density at radius 1 is 1.37 bits per heavy atom. The van der Waals surface area contributed by atoms with E-state index in [9.17, 15) is 4.79 Å². The SMILES string of the molecule is CC(=O)NC1(/C=C/c2ccc(Oc3ccc(OCCO)cc3Cl)nc2)CC1. The summed E-state index contributed by atoms with van der Waals surface area (Å²) in [7, 11) is 0. The fourth-order valence-electron chi connectivity index (χ4n) is 2.56. The van der Waals surface area contributed by atoms with Gasteiger partial charge in [-0.25, -0.2) is 4.98 Å². The van der Waals surface area contributed by atoms with Gasteiger partial charge in [-0.3, -0.25) is 4.79 Å². The average molecular weight is 389 g/mol. The number of hydrogen-bond acceptors (Lipinski definition) is 5. The number of halogens is 1. The number of aliphatic hydroxyl groups is 1. The standard InChI is InChI=1S/C20H21ClN2O4/c1-14(25)23-20(8-9-20)7-6-15-2-5-19(22-13-15)27-18-4-3-16(12-17(18)21)26-11-10-24/h2-7,12-13,24H,8-11H2,1H3,(H,23,25)/b7-6+. The predicted octanol–water partition coefficient (Wildman–Crippen LogP) is 3.58. The third kappa shape index (κ3) is 5.45. The Morgan fingerprint density at radius 3 is 2.78 bits per heavy atom. The maximum Gasteiger partial charge on any atom is 0.219 e. The maximum absolute atomic E-state index is 11.2. The summed E-state index contributed by atoms with van der Waals surface area (Å²) in [5.41, 5.74) is 0.715.